The first-order chi connectivity index (χ1) is 15.9. The lowest BCUT2D eigenvalue weighted by Crippen LogP contribution is -2.30. The van der Waals surface area contributed by atoms with E-state index < -0.39 is 17.7 Å². The zero-order chi connectivity index (χ0) is 24.0. The Bertz CT molecular complexity index is 1030. The highest BCUT2D eigenvalue weighted by Crippen LogP contribution is 2.41. The van der Waals surface area contributed by atoms with Crippen molar-refractivity contribution in [1.29, 1.82) is 0 Å². The second-order valence-electron chi connectivity index (χ2n) is 7.78. The number of nitrogens with zero attached hydrogens (tertiary/aromatic N) is 1. The van der Waals surface area contributed by atoms with Crippen LogP contribution in [-0.4, -0.2) is 41.5 Å². The van der Waals surface area contributed by atoms with E-state index in [-0.39, 0.29) is 11.3 Å². The molecule has 6 nitrogen and oxygen atoms in total. The van der Waals surface area contributed by atoms with Crippen LogP contribution in [0.5, 0.6) is 11.5 Å². The summed E-state index contributed by atoms with van der Waals surface area (Å²) in [4.78, 5) is 27.6. The number of ether oxygens (including phenoxy) is 2. The summed E-state index contributed by atoms with van der Waals surface area (Å²) in [5, 5.41) is 11.6. The molecule has 0 spiro atoms. The molecule has 1 aliphatic rings. The Hall–Kier alpha value is -2.99. The largest absolute Gasteiger partial charge is 0.507 e. The van der Waals surface area contributed by atoms with Gasteiger partial charge in [0, 0.05) is 12.1 Å². The summed E-state index contributed by atoms with van der Waals surface area (Å²) in [6.45, 7) is 7.17. The van der Waals surface area contributed by atoms with Crippen LogP contribution in [0.2, 0.25) is 5.02 Å². The molecule has 1 atom stereocenters. The first kappa shape index (κ1) is 24.6. The first-order valence-electron chi connectivity index (χ1n) is 11.4. The van der Waals surface area contributed by atoms with Gasteiger partial charge in [-0.3, -0.25) is 9.59 Å². The lowest BCUT2D eigenvalue weighted by Gasteiger charge is -2.25. The summed E-state index contributed by atoms with van der Waals surface area (Å²) in [6, 6.07) is 11.4. The number of hydrogen-bond donors (Lipinski definition) is 1. The molecule has 0 bridgehead atoms. The number of hydrogen-bond acceptors (Lipinski definition) is 5. The van der Waals surface area contributed by atoms with Gasteiger partial charge in [0.15, 0.2) is 0 Å². The molecule has 1 saturated heterocycles. The Morgan fingerprint density at radius 3 is 2.33 bits per heavy atom. The first-order valence-corrected chi connectivity index (χ1v) is 11.7. The van der Waals surface area contributed by atoms with Crippen molar-refractivity contribution in [1.82, 2.24) is 4.90 Å². The number of unbranched alkanes of at least 4 members (excludes halogenated alkanes) is 2. The minimum absolute atomic E-state index is 0.0606. The van der Waals surface area contributed by atoms with E-state index in [2.05, 4.69) is 6.92 Å². The standard InChI is InChI=1S/C26H30ClNO5/c1-4-7-8-15-28-23(17-9-12-19(13-10-17)32-5-2)22(25(30)26(28)31)24(29)18-11-14-20(27)21(16-18)33-6-3/h9-14,16,23,29H,4-8,15H2,1-3H3/b24-22-. The molecule has 0 saturated carbocycles. The maximum absolute atomic E-state index is 13.1. The summed E-state index contributed by atoms with van der Waals surface area (Å²) in [5.41, 5.74) is 1.16. The molecule has 1 fully saturated rings. The fraction of sp³-hybridized carbons (Fsp3) is 0.385. The molecule has 0 aliphatic carbocycles. The van der Waals surface area contributed by atoms with Crippen molar-refractivity contribution in [3.8, 4) is 11.5 Å². The molecule has 2 aromatic carbocycles. The molecule has 7 heteroatoms. The summed E-state index contributed by atoms with van der Waals surface area (Å²) in [5.74, 6) is -0.453. The number of Topliss-reactive ketones (excluding diaryl/α,β-unsaturated/α-hetero) is 1. The van der Waals surface area contributed by atoms with Crippen LogP contribution in [0.1, 0.15) is 57.2 Å². The second-order valence-corrected chi connectivity index (χ2v) is 8.19. The van der Waals surface area contributed by atoms with Crippen LogP contribution >= 0.6 is 11.6 Å². The molecule has 0 radical (unpaired) electrons. The van der Waals surface area contributed by atoms with Gasteiger partial charge >= 0.3 is 0 Å². The van der Waals surface area contributed by atoms with E-state index in [9.17, 15) is 14.7 Å². The summed E-state index contributed by atoms with van der Waals surface area (Å²) in [7, 11) is 0. The third-order valence-electron chi connectivity index (χ3n) is 5.55. The number of aliphatic hydroxyl groups excluding tert-OH is 1. The van der Waals surface area contributed by atoms with Gasteiger partial charge < -0.3 is 19.5 Å². The van der Waals surface area contributed by atoms with E-state index in [1.807, 2.05) is 26.0 Å². The number of carbonyl (C=O) groups is 2. The predicted octanol–water partition coefficient (Wildman–Crippen LogP) is 5.75. The van der Waals surface area contributed by atoms with Crippen LogP contribution in [-0.2, 0) is 9.59 Å². The molecular formula is C26H30ClNO5. The van der Waals surface area contributed by atoms with E-state index in [0.717, 1.165) is 24.8 Å². The van der Waals surface area contributed by atoms with Gasteiger partial charge in [0.05, 0.1) is 29.9 Å². The smallest absolute Gasteiger partial charge is 0.295 e. The van der Waals surface area contributed by atoms with Gasteiger partial charge in [-0.05, 0) is 56.2 Å². The summed E-state index contributed by atoms with van der Waals surface area (Å²) < 4.78 is 11.1. The minimum Gasteiger partial charge on any atom is -0.507 e. The lowest BCUT2D eigenvalue weighted by molar-refractivity contribution is -0.139. The zero-order valence-corrected chi connectivity index (χ0v) is 20.0. The van der Waals surface area contributed by atoms with E-state index >= 15 is 0 Å². The zero-order valence-electron chi connectivity index (χ0n) is 19.3. The number of halogens is 1. The third kappa shape index (κ3) is 5.33. The number of likely N-dealkylation sites (tertiary alicyclic amines) is 1. The van der Waals surface area contributed by atoms with Crippen molar-refractivity contribution in [2.45, 2.75) is 46.1 Å². The van der Waals surface area contributed by atoms with Gasteiger partial charge in [-0.2, -0.15) is 0 Å². The van der Waals surface area contributed by atoms with Crippen molar-refractivity contribution < 1.29 is 24.2 Å². The molecule has 1 unspecified atom stereocenters. The fourth-order valence-corrected chi connectivity index (χ4v) is 4.15. The highest BCUT2D eigenvalue weighted by atomic mass is 35.5. The number of carbonyl (C=O) groups excluding carboxylic acids is 2. The van der Waals surface area contributed by atoms with Gasteiger partial charge in [-0.15, -0.1) is 0 Å². The van der Waals surface area contributed by atoms with Crippen LogP contribution in [0.25, 0.3) is 5.76 Å². The second kappa shape index (κ2) is 11.2. The molecule has 1 N–H and O–H groups in total. The average Bonchev–Trinajstić information content (AvgIpc) is 3.06. The van der Waals surface area contributed by atoms with Crippen molar-refractivity contribution >= 4 is 29.1 Å². The lowest BCUT2D eigenvalue weighted by atomic mass is 9.95. The van der Waals surface area contributed by atoms with Gasteiger partial charge in [-0.25, -0.2) is 0 Å². The molecule has 2 aromatic rings. The Balaban J connectivity index is 2.10. The van der Waals surface area contributed by atoms with Gasteiger partial charge in [0.2, 0.25) is 0 Å². The molecule has 33 heavy (non-hydrogen) atoms. The summed E-state index contributed by atoms with van der Waals surface area (Å²) in [6.07, 6.45) is 2.70. The number of ketones is 1. The Morgan fingerprint density at radius 1 is 1.00 bits per heavy atom. The summed E-state index contributed by atoms with van der Waals surface area (Å²) >= 11 is 6.19. The van der Waals surface area contributed by atoms with E-state index in [4.69, 9.17) is 21.1 Å². The van der Waals surface area contributed by atoms with Gasteiger partial charge in [0.1, 0.15) is 17.3 Å². The third-order valence-corrected chi connectivity index (χ3v) is 5.87. The van der Waals surface area contributed by atoms with Crippen LogP contribution in [0.15, 0.2) is 48.0 Å². The number of benzene rings is 2. The van der Waals surface area contributed by atoms with Crippen molar-refractivity contribution in [2.75, 3.05) is 19.8 Å². The van der Waals surface area contributed by atoms with E-state index in [0.29, 0.717) is 41.8 Å². The van der Waals surface area contributed by atoms with Gasteiger partial charge in [0.25, 0.3) is 11.7 Å². The molecule has 1 amide bonds. The molecule has 1 heterocycles. The van der Waals surface area contributed by atoms with Crippen LogP contribution in [0, 0.1) is 0 Å². The maximum Gasteiger partial charge on any atom is 0.295 e. The van der Waals surface area contributed by atoms with Crippen molar-refractivity contribution in [2.24, 2.45) is 0 Å². The molecule has 1 aliphatic heterocycles. The van der Waals surface area contributed by atoms with E-state index in [1.54, 1.807) is 35.2 Å². The Kier molecular flexibility index (Phi) is 8.39. The average molecular weight is 472 g/mol. The number of aliphatic hydroxyl groups is 1. The number of amides is 1. The monoisotopic (exact) mass is 471 g/mol. The quantitative estimate of drug-likeness (QED) is 0.206. The predicted molar refractivity (Wildman–Crippen MR) is 129 cm³/mol. The normalized spacial score (nSPS) is 17.5. The Morgan fingerprint density at radius 2 is 1.70 bits per heavy atom. The van der Waals surface area contributed by atoms with Crippen molar-refractivity contribution in [3.05, 3.63) is 64.2 Å². The topological polar surface area (TPSA) is 76.1 Å². The van der Waals surface area contributed by atoms with Gasteiger partial charge in [-0.1, -0.05) is 43.5 Å². The SMILES string of the molecule is CCCCCN1C(=O)C(=O)/C(=C(\O)c2ccc(Cl)c(OCC)c2)C1c1ccc(OCC)cc1. The van der Waals surface area contributed by atoms with Crippen LogP contribution in [0.4, 0.5) is 0 Å². The maximum atomic E-state index is 13.1. The highest BCUT2D eigenvalue weighted by Gasteiger charge is 2.45. The minimum atomic E-state index is -0.698. The van der Waals surface area contributed by atoms with Crippen LogP contribution < -0.4 is 9.47 Å². The molecule has 3 rings (SSSR count). The van der Waals surface area contributed by atoms with Crippen LogP contribution in [0.3, 0.4) is 0 Å². The Labute approximate surface area is 199 Å². The highest BCUT2D eigenvalue weighted by molar-refractivity contribution is 6.46. The molecule has 0 aromatic heterocycles. The number of rotatable bonds is 10. The van der Waals surface area contributed by atoms with Crippen molar-refractivity contribution in [3.63, 3.8) is 0 Å². The molecular weight excluding hydrogens is 442 g/mol. The van der Waals surface area contributed by atoms with E-state index in [1.165, 1.54) is 0 Å². The fourth-order valence-electron chi connectivity index (χ4n) is 3.97. The molecule has 176 valence electrons.